The minimum absolute atomic E-state index is 0.0476. The summed E-state index contributed by atoms with van der Waals surface area (Å²) >= 11 is 1.53. The number of rotatable bonds is 8. The zero-order chi connectivity index (χ0) is 29.8. The molecule has 0 fully saturated rings. The lowest BCUT2D eigenvalue weighted by molar-refractivity contribution is -0.137. The summed E-state index contributed by atoms with van der Waals surface area (Å²) in [6.07, 6.45) is -1.07. The van der Waals surface area contributed by atoms with E-state index < -0.39 is 41.7 Å². The fourth-order valence-electron chi connectivity index (χ4n) is 4.53. The van der Waals surface area contributed by atoms with Crippen molar-refractivity contribution in [3.63, 3.8) is 0 Å². The van der Waals surface area contributed by atoms with E-state index in [-0.39, 0.29) is 31.8 Å². The first kappa shape index (κ1) is 32.7. The van der Waals surface area contributed by atoms with Crippen LogP contribution in [-0.2, 0) is 28.7 Å². The molecule has 4 N–H and O–H groups in total. The maximum atomic E-state index is 14.4. The fraction of sp³-hybridized carbons (Fsp3) is 0.517. The molecule has 2 aromatic carbocycles. The molecule has 12 heteroatoms. The van der Waals surface area contributed by atoms with Gasteiger partial charge < -0.3 is 25.8 Å². The van der Waals surface area contributed by atoms with Gasteiger partial charge in [0, 0.05) is 25.6 Å². The van der Waals surface area contributed by atoms with Gasteiger partial charge in [-0.15, -0.1) is 0 Å². The van der Waals surface area contributed by atoms with Crippen molar-refractivity contribution in [1.82, 2.24) is 16.0 Å². The normalized spacial score (nSPS) is 20.0. The molecule has 3 atom stereocenters. The van der Waals surface area contributed by atoms with Gasteiger partial charge in [0.1, 0.15) is 17.6 Å². The van der Waals surface area contributed by atoms with E-state index in [1.54, 1.807) is 6.07 Å². The molecule has 3 rings (SSSR count). The molecule has 1 aliphatic heterocycles. The highest BCUT2D eigenvalue weighted by molar-refractivity contribution is 7.98. The van der Waals surface area contributed by atoms with Crippen LogP contribution < -0.4 is 20.7 Å². The predicted molar refractivity (Wildman–Crippen MR) is 150 cm³/mol. The maximum absolute atomic E-state index is 14.4. The topological polar surface area (TPSA) is 99.7 Å². The summed E-state index contributed by atoms with van der Waals surface area (Å²) in [5.74, 6) is -0.300. The van der Waals surface area contributed by atoms with Crippen LogP contribution in [0.5, 0.6) is 5.75 Å². The third kappa shape index (κ3) is 11.2. The van der Waals surface area contributed by atoms with Gasteiger partial charge in [-0.1, -0.05) is 18.2 Å². The molecule has 1 heterocycles. The lowest BCUT2D eigenvalue weighted by Gasteiger charge is -2.28. The number of aliphatic hydroxyl groups is 1. The first-order valence-electron chi connectivity index (χ1n) is 13.6. The molecule has 0 saturated heterocycles. The second kappa shape index (κ2) is 16.0. The van der Waals surface area contributed by atoms with Crippen LogP contribution in [0.2, 0.25) is 0 Å². The minimum atomic E-state index is -4.47. The zero-order valence-electron chi connectivity index (χ0n) is 22.9. The number of hydrogen-bond acceptors (Lipinski definition) is 6. The average molecular weight is 600 g/mol. The van der Waals surface area contributed by atoms with E-state index in [4.69, 9.17) is 4.74 Å². The SMILES string of the molecule is CSCC[C@@H]1NC(=O)CCCCCOc2cc(F)cc(c2)C[C@@H]([C@H](O)CNCc2cccc(C(F)(F)F)c2)NC1=O. The van der Waals surface area contributed by atoms with Gasteiger partial charge in [0.2, 0.25) is 11.8 Å². The molecular weight excluding hydrogens is 562 g/mol. The van der Waals surface area contributed by atoms with E-state index in [0.717, 1.165) is 18.6 Å². The van der Waals surface area contributed by atoms with Crippen LogP contribution in [0.25, 0.3) is 0 Å². The second-order valence-corrected chi connectivity index (χ2v) is 11.1. The van der Waals surface area contributed by atoms with Gasteiger partial charge in [-0.3, -0.25) is 9.59 Å². The molecule has 0 aliphatic carbocycles. The minimum Gasteiger partial charge on any atom is -0.493 e. The molecule has 2 amide bonds. The molecule has 0 saturated carbocycles. The van der Waals surface area contributed by atoms with Crippen LogP contribution in [-0.4, -0.2) is 60.3 Å². The van der Waals surface area contributed by atoms with Gasteiger partial charge in [0.15, 0.2) is 0 Å². The Bertz CT molecular complexity index is 1150. The Morgan fingerprint density at radius 2 is 1.93 bits per heavy atom. The number of carbonyl (C=O) groups excluding carboxylic acids is 2. The summed E-state index contributed by atoms with van der Waals surface area (Å²) < 4.78 is 59.3. The van der Waals surface area contributed by atoms with Crippen LogP contribution in [0.3, 0.4) is 0 Å². The third-order valence-electron chi connectivity index (χ3n) is 6.69. The Kier molecular flexibility index (Phi) is 12.7. The van der Waals surface area contributed by atoms with Crippen LogP contribution in [0.4, 0.5) is 17.6 Å². The predicted octanol–water partition coefficient (Wildman–Crippen LogP) is 4.21. The Morgan fingerprint density at radius 1 is 1.12 bits per heavy atom. The monoisotopic (exact) mass is 599 g/mol. The Hall–Kier alpha value is -2.83. The summed E-state index contributed by atoms with van der Waals surface area (Å²) in [5, 5.41) is 19.6. The van der Waals surface area contributed by atoms with Crippen LogP contribution in [0, 0.1) is 5.82 Å². The van der Waals surface area contributed by atoms with Crippen LogP contribution >= 0.6 is 11.8 Å². The fourth-order valence-corrected chi connectivity index (χ4v) is 5.00. The van der Waals surface area contributed by atoms with Crippen molar-refractivity contribution in [1.29, 1.82) is 0 Å². The molecule has 2 bridgehead atoms. The van der Waals surface area contributed by atoms with Crippen molar-refractivity contribution in [2.75, 3.05) is 25.2 Å². The van der Waals surface area contributed by atoms with Crippen molar-refractivity contribution in [2.24, 2.45) is 0 Å². The number of amides is 2. The Morgan fingerprint density at radius 3 is 2.68 bits per heavy atom. The smallest absolute Gasteiger partial charge is 0.416 e. The number of fused-ring (bicyclic) bond motifs is 2. The van der Waals surface area contributed by atoms with Gasteiger partial charge in [-0.2, -0.15) is 24.9 Å². The molecule has 0 aromatic heterocycles. The van der Waals surface area contributed by atoms with Crippen molar-refractivity contribution in [3.8, 4) is 5.75 Å². The van der Waals surface area contributed by atoms with Crippen LogP contribution in [0.1, 0.15) is 48.8 Å². The molecule has 7 nitrogen and oxygen atoms in total. The summed E-state index contributed by atoms with van der Waals surface area (Å²) in [6.45, 7) is 0.330. The first-order chi connectivity index (χ1) is 19.5. The number of halogens is 4. The number of carbonyl (C=O) groups is 2. The highest BCUT2D eigenvalue weighted by Crippen LogP contribution is 2.29. The maximum Gasteiger partial charge on any atom is 0.416 e. The Labute approximate surface area is 241 Å². The van der Waals surface area contributed by atoms with Crippen molar-refractivity contribution < 1.29 is 37.0 Å². The number of hydrogen-bond donors (Lipinski definition) is 4. The molecule has 0 spiro atoms. The van der Waals surface area contributed by atoms with E-state index in [1.807, 2.05) is 6.26 Å². The van der Waals surface area contributed by atoms with E-state index in [0.29, 0.717) is 48.5 Å². The summed E-state index contributed by atoms with van der Waals surface area (Å²) in [4.78, 5) is 25.9. The zero-order valence-corrected chi connectivity index (χ0v) is 23.8. The molecule has 226 valence electrons. The molecule has 0 unspecified atom stereocenters. The molecule has 1 aliphatic rings. The number of ether oxygens (including phenoxy) is 1. The van der Waals surface area contributed by atoms with Gasteiger partial charge in [-0.25, -0.2) is 4.39 Å². The molecular formula is C29H37F4N3O4S. The quantitative estimate of drug-likeness (QED) is 0.340. The highest BCUT2D eigenvalue weighted by Gasteiger charge is 2.30. The van der Waals surface area contributed by atoms with Crippen molar-refractivity contribution in [3.05, 3.63) is 65.0 Å². The lowest BCUT2D eigenvalue weighted by Crippen LogP contribution is -2.55. The van der Waals surface area contributed by atoms with Crippen molar-refractivity contribution >= 4 is 23.6 Å². The van der Waals surface area contributed by atoms with Gasteiger partial charge in [0.05, 0.1) is 24.3 Å². The molecule has 41 heavy (non-hydrogen) atoms. The number of aliphatic hydroxyl groups excluding tert-OH is 1. The summed E-state index contributed by atoms with van der Waals surface area (Å²) in [6, 6.07) is 7.36. The number of benzene rings is 2. The van der Waals surface area contributed by atoms with E-state index in [9.17, 15) is 32.3 Å². The van der Waals surface area contributed by atoms with Gasteiger partial charge in [-0.05, 0) is 73.4 Å². The number of alkyl halides is 3. The van der Waals surface area contributed by atoms with Crippen LogP contribution in [0.15, 0.2) is 42.5 Å². The van der Waals surface area contributed by atoms with E-state index >= 15 is 0 Å². The van der Waals surface area contributed by atoms with Gasteiger partial charge in [0.25, 0.3) is 0 Å². The highest BCUT2D eigenvalue weighted by atomic mass is 32.2. The van der Waals surface area contributed by atoms with E-state index in [2.05, 4.69) is 16.0 Å². The average Bonchev–Trinajstić information content (AvgIpc) is 2.91. The summed E-state index contributed by atoms with van der Waals surface area (Å²) in [5.41, 5.74) is 0.0874. The number of thioether (sulfide) groups is 1. The summed E-state index contributed by atoms with van der Waals surface area (Å²) in [7, 11) is 0. The second-order valence-electron chi connectivity index (χ2n) is 10.1. The molecule has 2 aromatic rings. The third-order valence-corrected chi connectivity index (χ3v) is 7.34. The van der Waals surface area contributed by atoms with Gasteiger partial charge >= 0.3 is 6.18 Å². The van der Waals surface area contributed by atoms with Crippen molar-refractivity contribution in [2.45, 2.75) is 69.4 Å². The Balaban J connectivity index is 1.79. The largest absolute Gasteiger partial charge is 0.493 e. The van der Waals surface area contributed by atoms with E-state index in [1.165, 1.54) is 36.0 Å². The standard InChI is InChI=1S/C29H37F4N3O4S/c1-41-11-9-24-28(39)36-25(26(37)18-34-17-19-6-5-7-21(12-19)29(31,32)33)15-20-13-22(30)16-23(14-20)40-10-4-2-3-8-27(38)35-24/h5-7,12-14,16,24-26,34,37H,2-4,8-11,15,17-18H2,1H3,(H,35,38)(H,36,39)/t24-,25-,26+/m0/s1. The lowest BCUT2D eigenvalue weighted by atomic mass is 9.99. The first-order valence-corrected chi connectivity index (χ1v) is 15.0. The molecule has 0 radical (unpaired) electrons. The number of nitrogens with one attached hydrogen (secondary N) is 3.